The molecular weight excluding hydrogens is 208 g/mol. The summed E-state index contributed by atoms with van der Waals surface area (Å²) in [5, 5.41) is 0. The van der Waals surface area contributed by atoms with Crippen LogP contribution in [0.1, 0.15) is 56.1 Å². The van der Waals surface area contributed by atoms with Crippen molar-refractivity contribution in [3.8, 4) is 0 Å². The number of nitrogens with two attached hydrogens (primary N) is 1. The predicted molar refractivity (Wildman–Crippen MR) is 71.9 cm³/mol. The Labute approximate surface area is 105 Å². The normalized spacial score (nSPS) is 29.2. The number of hydrogen-bond acceptors (Lipinski definition) is 2. The lowest BCUT2D eigenvalue weighted by Crippen LogP contribution is -2.35. The highest BCUT2D eigenvalue weighted by Gasteiger charge is 2.29. The Morgan fingerprint density at radius 1 is 1.41 bits per heavy atom. The fourth-order valence-corrected chi connectivity index (χ4v) is 3.17. The first kappa shape index (κ1) is 12.6. The minimum absolute atomic E-state index is 0.325. The summed E-state index contributed by atoms with van der Waals surface area (Å²) >= 11 is 0. The van der Waals surface area contributed by atoms with Gasteiger partial charge in [0.15, 0.2) is 0 Å². The van der Waals surface area contributed by atoms with E-state index in [0.29, 0.717) is 12.0 Å². The van der Waals surface area contributed by atoms with E-state index in [1.807, 2.05) is 12.4 Å². The molecule has 2 rings (SSSR count). The van der Waals surface area contributed by atoms with E-state index in [9.17, 15) is 0 Å². The van der Waals surface area contributed by atoms with Crippen molar-refractivity contribution in [2.24, 2.45) is 11.7 Å². The van der Waals surface area contributed by atoms with Gasteiger partial charge in [-0.3, -0.25) is 4.98 Å². The molecule has 2 nitrogen and oxygen atoms in total. The van der Waals surface area contributed by atoms with E-state index in [2.05, 4.69) is 24.9 Å². The van der Waals surface area contributed by atoms with Crippen molar-refractivity contribution in [1.29, 1.82) is 0 Å². The first-order valence-electron chi connectivity index (χ1n) is 6.88. The van der Waals surface area contributed by atoms with Crippen molar-refractivity contribution in [3.63, 3.8) is 0 Å². The van der Waals surface area contributed by atoms with E-state index in [1.54, 1.807) is 0 Å². The molecule has 0 aromatic carbocycles. The fourth-order valence-electron chi connectivity index (χ4n) is 3.17. The Balaban J connectivity index is 2.15. The lowest BCUT2D eigenvalue weighted by molar-refractivity contribution is 0.273. The van der Waals surface area contributed by atoms with Crippen molar-refractivity contribution in [3.05, 3.63) is 29.6 Å². The molecule has 1 aliphatic carbocycles. The van der Waals surface area contributed by atoms with Crippen LogP contribution < -0.4 is 5.73 Å². The molecule has 2 N–H and O–H groups in total. The Bertz CT molecular complexity index is 362. The van der Waals surface area contributed by atoms with Crippen LogP contribution in [0.4, 0.5) is 0 Å². The van der Waals surface area contributed by atoms with Gasteiger partial charge in [0.05, 0.1) is 0 Å². The summed E-state index contributed by atoms with van der Waals surface area (Å²) in [6.45, 7) is 4.45. The SMILES string of the molecule is CCCC1CCC(N)C(c2cnccc2C)C1. The topological polar surface area (TPSA) is 38.9 Å². The summed E-state index contributed by atoms with van der Waals surface area (Å²) in [6, 6.07) is 2.43. The van der Waals surface area contributed by atoms with Gasteiger partial charge in [-0.15, -0.1) is 0 Å². The third-order valence-corrected chi connectivity index (χ3v) is 4.19. The molecule has 3 atom stereocenters. The largest absolute Gasteiger partial charge is 0.327 e. The predicted octanol–water partition coefficient (Wildman–Crippen LogP) is 3.40. The summed E-state index contributed by atoms with van der Waals surface area (Å²) in [4.78, 5) is 4.27. The number of hydrogen-bond donors (Lipinski definition) is 1. The molecule has 0 radical (unpaired) electrons. The van der Waals surface area contributed by atoms with E-state index in [-0.39, 0.29) is 0 Å². The molecule has 0 saturated heterocycles. The number of pyridine rings is 1. The van der Waals surface area contributed by atoms with Gasteiger partial charge in [0.1, 0.15) is 0 Å². The van der Waals surface area contributed by atoms with Gasteiger partial charge in [-0.2, -0.15) is 0 Å². The third-order valence-electron chi connectivity index (χ3n) is 4.19. The van der Waals surface area contributed by atoms with Gasteiger partial charge < -0.3 is 5.73 Å². The number of aryl methyl sites for hydroxylation is 1. The summed E-state index contributed by atoms with van der Waals surface area (Å²) in [5.41, 5.74) is 9.03. The van der Waals surface area contributed by atoms with E-state index in [4.69, 9.17) is 5.73 Å². The molecule has 1 aromatic heterocycles. The second kappa shape index (κ2) is 5.63. The Kier molecular flexibility index (Phi) is 4.16. The van der Waals surface area contributed by atoms with E-state index in [0.717, 1.165) is 5.92 Å². The van der Waals surface area contributed by atoms with Crippen molar-refractivity contribution < 1.29 is 0 Å². The highest BCUT2D eigenvalue weighted by molar-refractivity contribution is 5.27. The van der Waals surface area contributed by atoms with Crippen LogP contribution in [-0.2, 0) is 0 Å². The summed E-state index contributed by atoms with van der Waals surface area (Å²) in [7, 11) is 0. The minimum atomic E-state index is 0.325. The molecule has 1 aromatic rings. The van der Waals surface area contributed by atoms with Gasteiger partial charge in [0, 0.05) is 24.4 Å². The van der Waals surface area contributed by atoms with Gasteiger partial charge in [-0.05, 0) is 49.3 Å². The van der Waals surface area contributed by atoms with Crippen LogP contribution >= 0.6 is 0 Å². The van der Waals surface area contributed by atoms with Gasteiger partial charge in [-0.1, -0.05) is 19.8 Å². The molecule has 0 aliphatic heterocycles. The fraction of sp³-hybridized carbons (Fsp3) is 0.667. The summed E-state index contributed by atoms with van der Waals surface area (Å²) in [6.07, 6.45) is 10.3. The van der Waals surface area contributed by atoms with E-state index in [1.165, 1.54) is 43.2 Å². The second-order valence-corrected chi connectivity index (χ2v) is 5.47. The Morgan fingerprint density at radius 2 is 2.24 bits per heavy atom. The molecule has 1 saturated carbocycles. The van der Waals surface area contributed by atoms with Gasteiger partial charge in [0.2, 0.25) is 0 Å². The molecule has 0 bridgehead atoms. The average Bonchev–Trinajstić information content (AvgIpc) is 2.33. The molecule has 17 heavy (non-hydrogen) atoms. The number of rotatable bonds is 3. The maximum atomic E-state index is 6.31. The molecule has 1 heterocycles. The van der Waals surface area contributed by atoms with Crippen LogP contribution in [0.5, 0.6) is 0 Å². The summed E-state index contributed by atoms with van der Waals surface area (Å²) in [5.74, 6) is 1.39. The second-order valence-electron chi connectivity index (χ2n) is 5.47. The zero-order valence-electron chi connectivity index (χ0n) is 11.0. The zero-order valence-corrected chi connectivity index (χ0v) is 11.0. The zero-order chi connectivity index (χ0) is 12.3. The molecule has 1 aliphatic rings. The monoisotopic (exact) mass is 232 g/mol. The van der Waals surface area contributed by atoms with Crippen molar-refractivity contribution in [1.82, 2.24) is 4.98 Å². The van der Waals surface area contributed by atoms with Gasteiger partial charge in [-0.25, -0.2) is 0 Å². The van der Waals surface area contributed by atoms with Crippen LogP contribution in [0.2, 0.25) is 0 Å². The van der Waals surface area contributed by atoms with Gasteiger partial charge in [0.25, 0.3) is 0 Å². The highest BCUT2D eigenvalue weighted by Crippen LogP contribution is 2.38. The van der Waals surface area contributed by atoms with Crippen LogP contribution in [0, 0.1) is 12.8 Å². The molecule has 1 fully saturated rings. The maximum absolute atomic E-state index is 6.31. The Hall–Kier alpha value is -0.890. The van der Waals surface area contributed by atoms with Crippen LogP contribution in [-0.4, -0.2) is 11.0 Å². The minimum Gasteiger partial charge on any atom is -0.327 e. The van der Waals surface area contributed by atoms with Crippen LogP contribution in [0.3, 0.4) is 0 Å². The van der Waals surface area contributed by atoms with Crippen molar-refractivity contribution >= 4 is 0 Å². The third kappa shape index (κ3) is 2.86. The van der Waals surface area contributed by atoms with Crippen molar-refractivity contribution in [2.45, 2.75) is 57.9 Å². The molecule has 0 amide bonds. The lowest BCUT2D eigenvalue weighted by atomic mass is 9.73. The van der Waals surface area contributed by atoms with Crippen molar-refractivity contribution in [2.75, 3.05) is 0 Å². The quantitative estimate of drug-likeness (QED) is 0.867. The van der Waals surface area contributed by atoms with Crippen LogP contribution in [0.25, 0.3) is 0 Å². The average molecular weight is 232 g/mol. The maximum Gasteiger partial charge on any atom is 0.0305 e. The highest BCUT2D eigenvalue weighted by atomic mass is 14.7. The standard InChI is InChI=1S/C15H24N2/c1-3-4-12-5-6-15(16)13(9-12)14-10-17-8-7-11(14)2/h7-8,10,12-13,15H,3-6,9,16H2,1-2H3. The van der Waals surface area contributed by atoms with E-state index < -0.39 is 0 Å². The molecule has 94 valence electrons. The lowest BCUT2D eigenvalue weighted by Gasteiger charge is -2.35. The summed E-state index contributed by atoms with van der Waals surface area (Å²) < 4.78 is 0. The first-order valence-corrected chi connectivity index (χ1v) is 6.88. The molecular formula is C15H24N2. The molecule has 3 unspecified atom stereocenters. The molecule has 2 heteroatoms. The number of nitrogens with zero attached hydrogens (tertiary/aromatic N) is 1. The van der Waals surface area contributed by atoms with Crippen LogP contribution in [0.15, 0.2) is 18.5 Å². The van der Waals surface area contributed by atoms with E-state index >= 15 is 0 Å². The molecule has 0 spiro atoms. The van der Waals surface area contributed by atoms with Gasteiger partial charge >= 0.3 is 0 Å². The first-order chi connectivity index (χ1) is 8.22. The smallest absolute Gasteiger partial charge is 0.0305 e. The number of aromatic nitrogens is 1. The Morgan fingerprint density at radius 3 is 2.94 bits per heavy atom.